The molecule has 19 heavy (non-hydrogen) atoms. The van der Waals surface area contributed by atoms with Gasteiger partial charge in [-0.2, -0.15) is 0 Å². The van der Waals surface area contributed by atoms with Gasteiger partial charge in [0, 0.05) is 18.5 Å². The van der Waals surface area contributed by atoms with Crippen molar-refractivity contribution in [3.63, 3.8) is 0 Å². The standard InChI is InChI=1S/C16H25NO2/c1-5-17(6-2)11-10-16(18)14-8-7-9-15(12-14)19-13(3)4/h7-9,12-13H,5-6,10-11H2,1-4H3. The van der Waals surface area contributed by atoms with E-state index in [9.17, 15) is 4.79 Å². The van der Waals surface area contributed by atoms with Gasteiger partial charge in [-0.25, -0.2) is 0 Å². The third-order valence-corrected chi connectivity index (χ3v) is 3.08. The van der Waals surface area contributed by atoms with Gasteiger partial charge in [0.15, 0.2) is 5.78 Å². The summed E-state index contributed by atoms with van der Waals surface area (Å²) < 4.78 is 5.61. The second-order valence-corrected chi connectivity index (χ2v) is 4.89. The molecule has 0 unspecified atom stereocenters. The molecule has 0 spiro atoms. The van der Waals surface area contributed by atoms with Gasteiger partial charge in [-0.15, -0.1) is 0 Å². The first-order chi connectivity index (χ1) is 9.06. The fourth-order valence-corrected chi connectivity index (χ4v) is 1.96. The van der Waals surface area contributed by atoms with Crippen molar-refractivity contribution in [3.05, 3.63) is 29.8 Å². The van der Waals surface area contributed by atoms with Crippen LogP contribution < -0.4 is 4.74 Å². The van der Waals surface area contributed by atoms with E-state index < -0.39 is 0 Å². The van der Waals surface area contributed by atoms with Crippen LogP contribution in [0.25, 0.3) is 0 Å². The number of nitrogens with zero attached hydrogens (tertiary/aromatic N) is 1. The normalized spacial score (nSPS) is 11.1. The second-order valence-electron chi connectivity index (χ2n) is 4.89. The Morgan fingerprint density at radius 2 is 1.95 bits per heavy atom. The molecule has 1 aromatic rings. The molecule has 0 saturated carbocycles. The first-order valence-electron chi connectivity index (χ1n) is 7.09. The van der Waals surface area contributed by atoms with Crippen LogP contribution in [-0.2, 0) is 0 Å². The van der Waals surface area contributed by atoms with Gasteiger partial charge in [-0.05, 0) is 39.1 Å². The maximum atomic E-state index is 12.1. The molecule has 0 aliphatic rings. The molecule has 0 amide bonds. The fraction of sp³-hybridized carbons (Fsp3) is 0.562. The highest BCUT2D eigenvalue weighted by atomic mass is 16.5. The molecule has 0 aliphatic carbocycles. The Morgan fingerprint density at radius 1 is 1.26 bits per heavy atom. The number of rotatable bonds is 8. The van der Waals surface area contributed by atoms with Crippen molar-refractivity contribution in [2.24, 2.45) is 0 Å². The van der Waals surface area contributed by atoms with Gasteiger partial charge in [-0.1, -0.05) is 26.0 Å². The number of ketones is 1. The summed E-state index contributed by atoms with van der Waals surface area (Å²) in [6.07, 6.45) is 0.688. The number of carbonyl (C=O) groups is 1. The summed E-state index contributed by atoms with van der Waals surface area (Å²) in [6.45, 7) is 11.0. The second kappa shape index (κ2) is 7.95. The Morgan fingerprint density at radius 3 is 2.53 bits per heavy atom. The molecular weight excluding hydrogens is 238 g/mol. The van der Waals surface area contributed by atoms with E-state index in [4.69, 9.17) is 4.74 Å². The Hall–Kier alpha value is -1.35. The lowest BCUT2D eigenvalue weighted by Gasteiger charge is -2.17. The lowest BCUT2D eigenvalue weighted by molar-refractivity contribution is 0.0965. The lowest BCUT2D eigenvalue weighted by atomic mass is 10.1. The molecule has 3 nitrogen and oxygen atoms in total. The monoisotopic (exact) mass is 263 g/mol. The maximum absolute atomic E-state index is 12.1. The third-order valence-electron chi connectivity index (χ3n) is 3.08. The Balaban J connectivity index is 2.61. The minimum atomic E-state index is 0.126. The molecule has 106 valence electrons. The quantitative estimate of drug-likeness (QED) is 0.673. The molecule has 0 aromatic heterocycles. The highest BCUT2D eigenvalue weighted by Gasteiger charge is 2.09. The van der Waals surface area contributed by atoms with Crippen LogP contribution in [0.2, 0.25) is 0 Å². The summed E-state index contributed by atoms with van der Waals surface area (Å²) >= 11 is 0. The lowest BCUT2D eigenvalue weighted by Crippen LogP contribution is -2.25. The number of Topliss-reactive ketones (excluding diaryl/α,β-unsaturated/α-hetero) is 1. The average Bonchev–Trinajstić information content (AvgIpc) is 2.39. The van der Waals surface area contributed by atoms with E-state index in [0.717, 1.165) is 30.9 Å². The van der Waals surface area contributed by atoms with Crippen molar-refractivity contribution in [2.45, 2.75) is 40.2 Å². The van der Waals surface area contributed by atoms with Crippen LogP contribution in [0.5, 0.6) is 5.75 Å². The minimum absolute atomic E-state index is 0.126. The van der Waals surface area contributed by atoms with Gasteiger partial charge in [-0.3, -0.25) is 4.79 Å². The Bertz CT molecular complexity index is 397. The zero-order valence-corrected chi connectivity index (χ0v) is 12.5. The third kappa shape index (κ3) is 5.43. The van der Waals surface area contributed by atoms with Gasteiger partial charge in [0.05, 0.1) is 6.10 Å². The van der Waals surface area contributed by atoms with Crippen LogP contribution >= 0.6 is 0 Å². The van der Waals surface area contributed by atoms with Crippen molar-refractivity contribution < 1.29 is 9.53 Å². The van der Waals surface area contributed by atoms with E-state index in [1.807, 2.05) is 38.1 Å². The number of hydrogen-bond donors (Lipinski definition) is 0. The first-order valence-corrected chi connectivity index (χ1v) is 7.09. The van der Waals surface area contributed by atoms with Crippen molar-refractivity contribution >= 4 is 5.78 Å². The number of benzene rings is 1. The zero-order chi connectivity index (χ0) is 14.3. The summed E-state index contributed by atoms with van der Waals surface area (Å²) in [4.78, 5) is 14.4. The van der Waals surface area contributed by atoms with Crippen LogP contribution in [0.1, 0.15) is 44.5 Å². The highest BCUT2D eigenvalue weighted by Crippen LogP contribution is 2.16. The van der Waals surface area contributed by atoms with E-state index >= 15 is 0 Å². The van der Waals surface area contributed by atoms with Gasteiger partial charge < -0.3 is 9.64 Å². The van der Waals surface area contributed by atoms with Crippen LogP contribution in [0.3, 0.4) is 0 Å². The molecule has 0 fully saturated rings. The summed E-state index contributed by atoms with van der Waals surface area (Å²) in [7, 11) is 0. The molecule has 1 rings (SSSR count). The SMILES string of the molecule is CCN(CC)CCC(=O)c1cccc(OC(C)C)c1. The maximum Gasteiger partial charge on any atom is 0.164 e. The first kappa shape index (κ1) is 15.7. The van der Waals surface area contributed by atoms with E-state index in [0.29, 0.717) is 6.42 Å². The number of hydrogen-bond acceptors (Lipinski definition) is 3. The largest absolute Gasteiger partial charge is 0.491 e. The van der Waals surface area contributed by atoms with Crippen molar-refractivity contribution in [2.75, 3.05) is 19.6 Å². The predicted octanol–water partition coefficient (Wildman–Crippen LogP) is 3.39. The van der Waals surface area contributed by atoms with Crippen LogP contribution in [0.4, 0.5) is 0 Å². The molecule has 0 radical (unpaired) electrons. The molecule has 3 heteroatoms. The molecule has 0 saturated heterocycles. The van der Waals surface area contributed by atoms with E-state index in [1.54, 1.807) is 0 Å². The smallest absolute Gasteiger partial charge is 0.164 e. The Kier molecular flexibility index (Phi) is 6.57. The highest BCUT2D eigenvalue weighted by molar-refractivity contribution is 5.96. The molecule has 0 bridgehead atoms. The minimum Gasteiger partial charge on any atom is -0.491 e. The summed E-state index contributed by atoms with van der Waals surface area (Å²) in [5.41, 5.74) is 0.741. The molecule has 0 aliphatic heterocycles. The fourth-order valence-electron chi connectivity index (χ4n) is 1.96. The van der Waals surface area contributed by atoms with E-state index in [1.165, 1.54) is 0 Å². The van der Waals surface area contributed by atoms with Crippen LogP contribution in [-0.4, -0.2) is 36.4 Å². The van der Waals surface area contributed by atoms with Gasteiger partial charge >= 0.3 is 0 Å². The van der Waals surface area contributed by atoms with Crippen molar-refractivity contribution in [1.29, 1.82) is 0 Å². The van der Waals surface area contributed by atoms with Gasteiger partial charge in [0.25, 0.3) is 0 Å². The Labute approximate surface area is 116 Å². The zero-order valence-electron chi connectivity index (χ0n) is 12.5. The molecular formula is C16H25NO2. The molecule has 0 heterocycles. The molecule has 0 N–H and O–H groups in total. The van der Waals surface area contributed by atoms with E-state index in [2.05, 4.69) is 18.7 Å². The van der Waals surface area contributed by atoms with Crippen LogP contribution in [0.15, 0.2) is 24.3 Å². The number of ether oxygens (including phenoxy) is 1. The summed E-state index contributed by atoms with van der Waals surface area (Å²) in [5.74, 6) is 0.949. The average molecular weight is 263 g/mol. The van der Waals surface area contributed by atoms with Crippen molar-refractivity contribution in [3.8, 4) is 5.75 Å². The van der Waals surface area contributed by atoms with Crippen molar-refractivity contribution in [1.82, 2.24) is 4.90 Å². The van der Waals surface area contributed by atoms with Crippen LogP contribution in [0, 0.1) is 0 Å². The topological polar surface area (TPSA) is 29.5 Å². The molecule has 0 atom stereocenters. The van der Waals surface area contributed by atoms with Gasteiger partial charge in [0.2, 0.25) is 0 Å². The predicted molar refractivity (Wildman–Crippen MR) is 78.9 cm³/mol. The molecule has 1 aromatic carbocycles. The van der Waals surface area contributed by atoms with E-state index in [-0.39, 0.29) is 11.9 Å². The number of carbonyl (C=O) groups excluding carboxylic acids is 1. The summed E-state index contributed by atoms with van der Waals surface area (Å²) in [5, 5.41) is 0. The van der Waals surface area contributed by atoms with Gasteiger partial charge in [0.1, 0.15) is 5.75 Å². The summed E-state index contributed by atoms with van der Waals surface area (Å²) in [6, 6.07) is 7.46.